The predicted molar refractivity (Wildman–Crippen MR) is 136 cm³/mol. The minimum absolute atomic E-state index is 0.260. The van der Waals surface area contributed by atoms with Gasteiger partial charge in [-0.1, -0.05) is 81.7 Å². The van der Waals surface area contributed by atoms with Crippen molar-refractivity contribution in [3.05, 3.63) is 90.2 Å². The van der Waals surface area contributed by atoms with E-state index in [2.05, 4.69) is 94.5 Å². The summed E-state index contributed by atoms with van der Waals surface area (Å²) in [6, 6.07) is 6.77. The molecule has 0 fully saturated rings. The number of allylic oxidation sites excluding steroid dienone is 4. The van der Waals surface area contributed by atoms with Crippen LogP contribution in [0.25, 0.3) is 0 Å². The molecule has 30 heavy (non-hydrogen) atoms. The maximum Gasteiger partial charge on any atom is 0.0467 e. The van der Waals surface area contributed by atoms with E-state index in [4.69, 9.17) is 0 Å². The number of aryl methyl sites for hydroxylation is 2. The third-order valence-electron chi connectivity index (χ3n) is 5.37. The topological polar surface area (TPSA) is 6.48 Å². The molecule has 1 unspecified atom stereocenters. The van der Waals surface area contributed by atoms with Gasteiger partial charge >= 0.3 is 0 Å². The molecule has 1 aromatic carbocycles. The van der Waals surface area contributed by atoms with Crippen molar-refractivity contribution in [2.45, 2.75) is 60.4 Å². The van der Waals surface area contributed by atoms with Crippen LogP contribution in [0, 0.1) is 13.8 Å². The molecule has 0 radical (unpaired) electrons. The first-order chi connectivity index (χ1) is 14.3. The summed E-state index contributed by atoms with van der Waals surface area (Å²) in [5.74, 6) is 0. The molecule has 0 amide bonds. The van der Waals surface area contributed by atoms with E-state index in [0.717, 1.165) is 43.7 Å². The molecule has 2 heteroatoms. The molecule has 0 spiro atoms. The van der Waals surface area contributed by atoms with Gasteiger partial charge in [0.1, 0.15) is 0 Å². The smallest absolute Gasteiger partial charge is 0.0467 e. The van der Waals surface area contributed by atoms with Gasteiger partial charge in [0.2, 0.25) is 0 Å². The van der Waals surface area contributed by atoms with Crippen molar-refractivity contribution in [2.75, 3.05) is 24.5 Å². The van der Waals surface area contributed by atoms with Crippen LogP contribution in [0.2, 0.25) is 0 Å². The molecule has 1 atom stereocenters. The van der Waals surface area contributed by atoms with Crippen LogP contribution in [0.5, 0.6) is 0 Å². The first-order valence-corrected chi connectivity index (χ1v) is 11.2. The summed E-state index contributed by atoms with van der Waals surface area (Å²) in [5.41, 5.74) is 7.31. The van der Waals surface area contributed by atoms with E-state index in [1.165, 1.54) is 22.4 Å². The third kappa shape index (κ3) is 7.50. The Bertz CT molecular complexity index is 762. The van der Waals surface area contributed by atoms with Gasteiger partial charge in [-0.05, 0) is 63.8 Å². The van der Waals surface area contributed by atoms with Crippen LogP contribution >= 0.6 is 0 Å². The molecule has 1 rings (SSSR count). The zero-order chi connectivity index (χ0) is 22.7. The summed E-state index contributed by atoms with van der Waals surface area (Å²) >= 11 is 0. The summed E-state index contributed by atoms with van der Waals surface area (Å²) in [5, 5.41) is 0. The van der Waals surface area contributed by atoms with Gasteiger partial charge in [-0.2, -0.15) is 0 Å². The summed E-state index contributed by atoms with van der Waals surface area (Å²) < 4.78 is 0. The Morgan fingerprint density at radius 2 is 1.67 bits per heavy atom. The maximum absolute atomic E-state index is 4.52. The molecule has 0 aliphatic heterocycles. The van der Waals surface area contributed by atoms with Crippen LogP contribution in [0.4, 0.5) is 5.69 Å². The largest absolute Gasteiger partial charge is 0.344 e. The number of hydrogen-bond acceptors (Lipinski definition) is 2. The summed E-state index contributed by atoms with van der Waals surface area (Å²) in [6.45, 7) is 28.4. The minimum Gasteiger partial charge on any atom is -0.344 e. The highest BCUT2D eigenvalue weighted by Gasteiger charge is 2.20. The van der Waals surface area contributed by atoms with Crippen molar-refractivity contribution in [2.24, 2.45) is 0 Å². The van der Waals surface area contributed by atoms with Gasteiger partial charge in [-0.15, -0.1) is 0 Å². The number of para-hydroxylation sites is 1. The highest BCUT2D eigenvalue weighted by molar-refractivity contribution is 5.62. The second kappa shape index (κ2) is 13.1. The summed E-state index contributed by atoms with van der Waals surface area (Å²) in [7, 11) is 0. The van der Waals surface area contributed by atoms with Crippen molar-refractivity contribution in [1.82, 2.24) is 4.90 Å². The molecular weight excluding hydrogens is 364 g/mol. The van der Waals surface area contributed by atoms with Gasteiger partial charge in [0.25, 0.3) is 0 Å². The first-order valence-electron chi connectivity index (χ1n) is 11.2. The van der Waals surface area contributed by atoms with E-state index in [-0.39, 0.29) is 6.04 Å². The van der Waals surface area contributed by atoms with Crippen molar-refractivity contribution in [1.29, 1.82) is 0 Å². The molecular formula is C28H42N2. The average molecular weight is 407 g/mol. The Hall–Kier alpha value is -2.32. The van der Waals surface area contributed by atoms with Crippen LogP contribution in [-0.2, 0) is 0 Å². The molecule has 0 saturated carbocycles. The molecule has 1 aromatic rings. The van der Waals surface area contributed by atoms with Gasteiger partial charge in [-0.3, -0.25) is 4.90 Å². The lowest BCUT2D eigenvalue weighted by Crippen LogP contribution is -2.40. The van der Waals surface area contributed by atoms with Crippen LogP contribution in [0.3, 0.4) is 0 Å². The van der Waals surface area contributed by atoms with E-state index < -0.39 is 0 Å². The zero-order valence-corrected chi connectivity index (χ0v) is 20.2. The lowest BCUT2D eigenvalue weighted by molar-refractivity contribution is 0.254. The van der Waals surface area contributed by atoms with E-state index >= 15 is 0 Å². The van der Waals surface area contributed by atoms with E-state index in [0.29, 0.717) is 0 Å². The Labute approximate surface area is 186 Å². The maximum atomic E-state index is 4.52. The van der Waals surface area contributed by atoms with Crippen LogP contribution in [0.1, 0.15) is 51.7 Å². The highest BCUT2D eigenvalue weighted by Crippen LogP contribution is 2.28. The average Bonchev–Trinajstić information content (AvgIpc) is 2.69. The molecule has 2 nitrogen and oxygen atoms in total. The van der Waals surface area contributed by atoms with Gasteiger partial charge in [0.15, 0.2) is 0 Å². The zero-order valence-electron chi connectivity index (χ0n) is 20.2. The van der Waals surface area contributed by atoms with Gasteiger partial charge < -0.3 is 4.90 Å². The quantitative estimate of drug-likeness (QED) is 0.315. The molecule has 0 heterocycles. The highest BCUT2D eigenvalue weighted by atomic mass is 15.2. The minimum atomic E-state index is 0.260. The molecule has 0 aromatic heterocycles. The number of rotatable bonds is 13. The summed E-state index contributed by atoms with van der Waals surface area (Å²) in [6.07, 6.45) is 10.4. The first kappa shape index (κ1) is 25.7. The van der Waals surface area contributed by atoms with Crippen molar-refractivity contribution < 1.29 is 0 Å². The van der Waals surface area contributed by atoms with Gasteiger partial charge in [0, 0.05) is 30.5 Å². The fourth-order valence-corrected chi connectivity index (χ4v) is 3.81. The van der Waals surface area contributed by atoms with Crippen molar-refractivity contribution in [3.63, 3.8) is 0 Å². The van der Waals surface area contributed by atoms with E-state index in [9.17, 15) is 0 Å². The molecule has 0 aliphatic carbocycles. The Morgan fingerprint density at radius 1 is 1.07 bits per heavy atom. The van der Waals surface area contributed by atoms with Crippen LogP contribution in [-0.4, -0.2) is 30.6 Å². The van der Waals surface area contributed by atoms with Crippen LogP contribution in [0.15, 0.2) is 79.1 Å². The summed E-state index contributed by atoms with van der Waals surface area (Å²) in [4.78, 5) is 4.92. The predicted octanol–water partition coefficient (Wildman–Crippen LogP) is 7.38. The monoisotopic (exact) mass is 406 g/mol. The Balaban J connectivity index is 3.15. The lowest BCUT2D eigenvalue weighted by atomic mass is 10.0. The fraction of sp³-hybridized carbons (Fsp3) is 0.429. The molecule has 0 bridgehead atoms. The van der Waals surface area contributed by atoms with Gasteiger partial charge in [0.05, 0.1) is 0 Å². The standard InChI is InChI=1S/C28H42N2/c1-10-19-29(26(9)27(12-3)18-13-15-22(4)5)21-25(8)30(20-11-2)28-23(6)16-14-17-24(28)7/h12-18,26H,3-4,8,10-11,19-21H2,1-2,5-7,9H3/b15-13-,27-18+. The van der Waals surface area contributed by atoms with E-state index in [1.807, 2.05) is 19.1 Å². The van der Waals surface area contributed by atoms with E-state index in [1.54, 1.807) is 0 Å². The number of hydrogen-bond donors (Lipinski definition) is 0. The molecule has 0 N–H and O–H groups in total. The third-order valence-corrected chi connectivity index (χ3v) is 5.37. The van der Waals surface area contributed by atoms with Crippen molar-refractivity contribution >= 4 is 5.69 Å². The Kier molecular flexibility index (Phi) is 11.2. The normalized spacial score (nSPS) is 13.0. The second-order valence-electron chi connectivity index (χ2n) is 8.18. The lowest BCUT2D eigenvalue weighted by Gasteiger charge is -2.35. The van der Waals surface area contributed by atoms with Crippen LogP contribution < -0.4 is 4.90 Å². The number of nitrogens with zero attached hydrogens (tertiary/aromatic N) is 2. The van der Waals surface area contributed by atoms with Gasteiger partial charge in [-0.25, -0.2) is 0 Å². The second-order valence-corrected chi connectivity index (χ2v) is 8.18. The number of benzene rings is 1. The SMILES string of the molecule is C=C/C(=C\C=C/C(=C)C)C(C)N(CCC)CC(=C)N(CCC)c1c(C)cccc1C. The molecule has 0 saturated heterocycles. The number of anilines is 1. The molecule has 0 aliphatic rings. The fourth-order valence-electron chi connectivity index (χ4n) is 3.81. The van der Waals surface area contributed by atoms with Crippen molar-refractivity contribution in [3.8, 4) is 0 Å². The Morgan fingerprint density at radius 3 is 2.17 bits per heavy atom. The molecule has 164 valence electrons.